The minimum absolute atomic E-state index is 0.0255. The van der Waals surface area contributed by atoms with Gasteiger partial charge in [-0.3, -0.25) is 9.78 Å². The van der Waals surface area contributed by atoms with Crippen molar-refractivity contribution in [1.82, 2.24) is 19.6 Å². The van der Waals surface area contributed by atoms with Crippen LogP contribution in [0.5, 0.6) is 0 Å². The number of ketones is 1. The van der Waals surface area contributed by atoms with Gasteiger partial charge >= 0.3 is 0 Å². The van der Waals surface area contributed by atoms with Gasteiger partial charge in [0, 0.05) is 41.8 Å². The van der Waals surface area contributed by atoms with E-state index in [9.17, 15) is 13.2 Å². The van der Waals surface area contributed by atoms with Crippen LogP contribution in [-0.2, 0) is 9.84 Å². The van der Waals surface area contributed by atoms with Gasteiger partial charge in [0.2, 0.25) is 0 Å². The molecular formula is C25H23N5O3S. The van der Waals surface area contributed by atoms with Crippen LogP contribution in [0.1, 0.15) is 41.2 Å². The minimum Gasteiger partial charge on any atom is -0.369 e. The highest BCUT2D eigenvalue weighted by molar-refractivity contribution is 7.91. The molecule has 9 heteroatoms. The lowest BCUT2D eigenvalue weighted by Gasteiger charge is -2.27. The Bertz CT molecular complexity index is 1500. The summed E-state index contributed by atoms with van der Waals surface area (Å²) in [4.78, 5) is 22.5. The standard InChI is InChI=1S/C25H23N5O3S/c31-21-8-11-26-25-22(21)23(17-9-12-34(32,33)13-10-17)29-24-19(15-28-30(24)25)18-6-7-20(27-14-18)16-4-2-1-3-5-16/h1-7,14-15,17,26H,8-13H2. The van der Waals surface area contributed by atoms with Crippen LogP contribution in [0.25, 0.3) is 28.0 Å². The lowest BCUT2D eigenvalue weighted by atomic mass is 9.91. The Balaban J connectivity index is 1.47. The number of sulfone groups is 1. The molecule has 2 aliphatic heterocycles. The van der Waals surface area contributed by atoms with Gasteiger partial charge in [-0.05, 0) is 18.9 Å². The number of anilines is 1. The maximum atomic E-state index is 12.9. The molecular weight excluding hydrogens is 450 g/mol. The van der Waals surface area contributed by atoms with E-state index < -0.39 is 9.84 Å². The van der Waals surface area contributed by atoms with Crippen molar-refractivity contribution in [2.75, 3.05) is 23.4 Å². The molecule has 0 unspecified atom stereocenters. The molecule has 172 valence electrons. The van der Waals surface area contributed by atoms with Crippen LogP contribution in [0.4, 0.5) is 5.82 Å². The number of pyridine rings is 1. The number of hydrogen-bond acceptors (Lipinski definition) is 7. The SMILES string of the molecule is O=C1CCNc2c1c(C1CCS(=O)(=O)CC1)nc1c(-c3ccc(-c4ccccc4)nc3)cnn21. The fraction of sp³-hybridized carbons (Fsp3) is 0.280. The summed E-state index contributed by atoms with van der Waals surface area (Å²) in [6.07, 6.45) is 4.89. The van der Waals surface area contributed by atoms with Gasteiger partial charge in [-0.15, -0.1) is 0 Å². The van der Waals surface area contributed by atoms with Crippen molar-refractivity contribution in [1.29, 1.82) is 0 Å². The normalized spacial score (nSPS) is 17.9. The molecule has 4 aromatic rings. The van der Waals surface area contributed by atoms with Crippen LogP contribution in [0.3, 0.4) is 0 Å². The van der Waals surface area contributed by atoms with E-state index in [-0.39, 0.29) is 23.2 Å². The van der Waals surface area contributed by atoms with Crippen LogP contribution < -0.4 is 5.32 Å². The van der Waals surface area contributed by atoms with E-state index in [1.54, 1.807) is 10.7 Å². The highest BCUT2D eigenvalue weighted by Gasteiger charge is 2.33. The Morgan fingerprint density at radius 1 is 0.971 bits per heavy atom. The molecule has 0 aliphatic carbocycles. The molecule has 1 saturated heterocycles. The predicted molar refractivity (Wildman–Crippen MR) is 130 cm³/mol. The zero-order valence-electron chi connectivity index (χ0n) is 18.4. The van der Waals surface area contributed by atoms with Crippen LogP contribution in [0, 0.1) is 0 Å². The summed E-state index contributed by atoms with van der Waals surface area (Å²) >= 11 is 0. The Morgan fingerprint density at radius 3 is 2.50 bits per heavy atom. The summed E-state index contributed by atoms with van der Waals surface area (Å²) in [6, 6.07) is 13.9. The molecule has 6 rings (SSSR count). The smallest absolute Gasteiger partial charge is 0.170 e. The van der Waals surface area contributed by atoms with E-state index in [1.165, 1.54) is 0 Å². The highest BCUT2D eigenvalue weighted by Crippen LogP contribution is 2.37. The Labute approximate surface area is 197 Å². The fourth-order valence-corrected chi connectivity index (χ4v) is 6.35. The first-order valence-corrected chi connectivity index (χ1v) is 13.2. The van der Waals surface area contributed by atoms with Crippen molar-refractivity contribution >= 4 is 27.1 Å². The molecule has 1 aromatic carbocycles. The van der Waals surface area contributed by atoms with Gasteiger partial charge in [0.1, 0.15) is 15.7 Å². The Kier molecular flexibility index (Phi) is 4.95. The summed E-state index contributed by atoms with van der Waals surface area (Å²) < 4.78 is 25.7. The van der Waals surface area contributed by atoms with E-state index in [0.717, 1.165) is 22.4 Å². The second-order valence-electron chi connectivity index (χ2n) is 8.84. The molecule has 3 aromatic heterocycles. The highest BCUT2D eigenvalue weighted by atomic mass is 32.2. The largest absolute Gasteiger partial charge is 0.369 e. The third-order valence-electron chi connectivity index (χ3n) is 6.68. The molecule has 34 heavy (non-hydrogen) atoms. The van der Waals surface area contributed by atoms with Gasteiger partial charge < -0.3 is 5.32 Å². The number of nitrogens with zero attached hydrogens (tertiary/aromatic N) is 4. The number of carbonyl (C=O) groups is 1. The third-order valence-corrected chi connectivity index (χ3v) is 8.40. The average molecular weight is 474 g/mol. The van der Waals surface area contributed by atoms with E-state index in [4.69, 9.17) is 4.98 Å². The number of fused-ring (bicyclic) bond motifs is 3. The Hall–Kier alpha value is -3.59. The van der Waals surface area contributed by atoms with Gasteiger partial charge in [-0.1, -0.05) is 36.4 Å². The van der Waals surface area contributed by atoms with Gasteiger partial charge in [-0.25, -0.2) is 13.4 Å². The van der Waals surface area contributed by atoms with Crippen molar-refractivity contribution in [3.05, 3.63) is 66.1 Å². The zero-order valence-corrected chi connectivity index (χ0v) is 19.3. The summed E-state index contributed by atoms with van der Waals surface area (Å²) in [5, 5.41) is 7.88. The number of nitrogens with one attached hydrogen (secondary N) is 1. The molecule has 0 spiro atoms. The maximum Gasteiger partial charge on any atom is 0.170 e. The van der Waals surface area contributed by atoms with E-state index in [2.05, 4.69) is 15.4 Å². The van der Waals surface area contributed by atoms with Crippen molar-refractivity contribution < 1.29 is 13.2 Å². The number of hydrogen-bond donors (Lipinski definition) is 1. The van der Waals surface area contributed by atoms with Crippen molar-refractivity contribution in [2.45, 2.75) is 25.2 Å². The van der Waals surface area contributed by atoms with Crippen LogP contribution in [0.15, 0.2) is 54.9 Å². The number of carbonyl (C=O) groups excluding carboxylic acids is 1. The minimum atomic E-state index is -3.02. The number of Topliss-reactive ketones (excluding diaryl/α,β-unsaturated/α-hetero) is 1. The van der Waals surface area contributed by atoms with Crippen LogP contribution in [-0.4, -0.2) is 51.8 Å². The van der Waals surface area contributed by atoms with Crippen molar-refractivity contribution in [3.63, 3.8) is 0 Å². The first-order valence-electron chi connectivity index (χ1n) is 11.4. The zero-order chi connectivity index (χ0) is 23.3. The summed E-state index contributed by atoms with van der Waals surface area (Å²) in [5.74, 6) is 0.838. The molecule has 0 amide bonds. The Morgan fingerprint density at radius 2 is 1.76 bits per heavy atom. The number of rotatable bonds is 3. The second kappa shape index (κ2) is 8.02. The summed E-state index contributed by atoms with van der Waals surface area (Å²) in [7, 11) is -3.02. The van der Waals surface area contributed by atoms with Gasteiger partial charge in [0.15, 0.2) is 11.4 Å². The van der Waals surface area contributed by atoms with Gasteiger partial charge in [0.25, 0.3) is 0 Å². The van der Waals surface area contributed by atoms with Gasteiger partial charge in [0.05, 0.1) is 34.7 Å². The molecule has 0 saturated carbocycles. The molecule has 0 radical (unpaired) electrons. The summed E-state index contributed by atoms with van der Waals surface area (Å²) in [6.45, 7) is 0.534. The molecule has 0 atom stereocenters. The van der Waals surface area contributed by atoms with Crippen molar-refractivity contribution in [2.24, 2.45) is 0 Å². The average Bonchev–Trinajstić information content (AvgIpc) is 3.29. The quantitative estimate of drug-likeness (QED) is 0.483. The molecule has 0 bridgehead atoms. The van der Waals surface area contributed by atoms with E-state index in [0.29, 0.717) is 48.5 Å². The molecule has 2 aliphatic rings. The fourth-order valence-electron chi connectivity index (χ4n) is 4.86. The summed E-state index contributed by atoms with van der Waals surface area (Å²) in [5.41, 5.74) is 5.49. The van der Waals surface area contributed by atoms with Crippen LogP contribution in [0.2, 0.25) is 0 Å². The first kappa shape index (κ1) is 21.0. The molecule has 5 heterocycles. The molecule has 1 fully saturated rings. The maximum absolute atomic E-state index is 12.9. The molecule has 1 N–H and O–H groups in total. The molecule has 8 nitrogen and oxygen atoms in total. The number of aromatic nitrogens is 4. The second-order valence-corrected chi connectivity index (χ2v) is 11.1. The van der Waals surface area contributed by atoms with E-state index in [1.807, 2.05) is 48.7 Å². The van der Waals surface area contributed by atoms with Crippen LogP contribution >= 0.6 is 0 Å². The topological polar surface area (TPSA) is 106 Å². The predicted octanol–water partition coefficient (Wildman–Crippen LogP) is 3.75. The monoisotopic (exact) mass is 473 g/mol. The van der Waals surface area contributed by atoms with E-state index >= 15 is 0 Å². The van der Waals surface area contributed by atoms with Crippen molar-refractivity contribution in [3.8, 4) is 22.4 Å². The van der Waals surface area contributed by atoms with Gasteiger partial charge in [-0.2, -0.15) is 9.61 Å². The lowest BCUT2D eigenvalue weighted by molar-refractivity contribution is 0.0981. The lowest BCUT2D eigenvalue weighted by Crippen LogP contribution is -2.28. The third kappa shape index (κ3) is 3.56. The number of benzene rings is 1. The first-order chi connectivity index (χ1) is 16.5.